The molecule has 15 heavy (non-hydrogen) atoms. The van der Waals surface area contributed by atoms with E-state index in [-0.39, 0.29) is 17.9 Å². The zero-order valence-electron chi connectivity index (χ0n) is 8.03. The van der Waals surface area contributed by atoms with Gasteiger partial charge in [-0.25, -0.2) is 9.18 Å². The lowest BCUT2D eigenvalue weighted by Gasteiger charge is -2.04. The zero-order chi connectivity index (χ0) is 11.3. The quantitative estimate of drug-likeness (QED) is 0.437. The van der Waals surface area contributed by atoms with Gasteiger partial charge < -0.3 is 9.47 Å². The van der Waals surface area contributed by atoms with Crippen LogP contribution in [0.25, 0.3) is 0 Å². The summed E-state index contributed by atoms with van der Waals surface area (Å²) >= 11 is 0. The first-order valence-corrected chi connectivity index (χ1v) is 4.26. The second-order valence-electron chi connectivity index (χ2n) is 2.59. The molecule has 0 unspecified atom stereocenters. The van der Waals surface area contributed by atoms with E-state index in [1.807, 2.05) is 0 Å². The van der Waals surface area contributed by atoms with Gasteiger partial charge in [0.25, 0.3) is 0 Å². The van der Waals surface area contributed by atoms with E-state index in [1.165, 1.54) is 12.1 Å². The molecular formula is C10H9FO4. The largest absolute Gasteiger partial charge is 0.513 e. The molecule has 0 bridgehead atoms. The van der Waals surface area contributed by atoms with Crippen LogP contribution in [0.2, 0.25) is 0 Å². The minimum absolute atomic E-state index is 0.00319. The smallest absolute Gasteiger partial charge is 0.434 e. The molecular weight excluding hydrogens is 203 g/mol. The van der Waals surface area contributed by atoms with Crippen molar-refractivity contribution >= 4 is 12.4 Å². The third kappa shape index (κ3) is 3.05. The van der Waals surface area contributed by atoms with Crippen molar-refractivity contribution in [2.45, 2.75) is 6.92 Å². The van der Waals surface area contributed by atoms with Crippen molar-refractivity contribution < 1.29 is 23.5 Å². The molecule has 0 spiro atoms. The summed E-state index contributed by atoms with van der Waals surface area (Å²) in [5.74, 6) is -0.747. The van der Waals surface area contributed by atoms with Crippen LogP contribution in [0.1, 0.15) is 17.3 Å². The Morgan fingerprint density at radius 3 is 2.80 bits per heavy atom. The number of carbonyl (C=O) groups excluding carboxylic acids is 2. The van der Waals surface area contributed by atoms with Gasteiger partial charge in [-0.1, -0.05) is 0 Å². The Balaban J connectivity index is 2.75. The van der Waals surface area contributed by atoms with Gasteiger partial charge >= 0.3 is 6.16 Å². The van der Waals surface area contributed by atoms with Crippen LogP contribution >= 0.6 is 0 Å². The molecule has 0 aliphatic carbocycles. The highest BCUT2D eigenvalue weighted by molar-refractivity contribution is 5.75. The topological polar surface area (TPSA) is 52.6 Å². The SMILES string of the molecule is CCOC(=O)Oc1ccc(C=O)c(F)c1. The van der Waals surface area contributed by atoms with Crippen molar-refractivity contribution in [3.8, 4) is 5.75 Å². The van der Waals surface area contributed by atoms with Gasteiger partial charge in [-0.15, -0.1) is 0 Å². The Hall–Kier alpha value is -1.91. The molecule has 0 radical (unpaired) electrons. The molecule has 0 aliphatic heterocycles. The van der Waals surface area contributed by atoms with Crippen LogP contribution in [-0.2, 0) is 4.74 Å². The Labute approximate surface area is 85.6 Å². The van der Waals surface area contributed by atoms with Crippen molar-refractivity contribution in [3.63, 3.8) is 0 Å². The number of carbonyl (C=O) groups is 2. The second-order valence-corrected chi connectivity index (χ2v) is 2.59. The number of hydrogen-bond donors (Lipinski definition) is 0. The average Bonchev–Trinajstić information content (AvgIpc) is 2.18. The predicted octanol–water partition coefficient (Wildman–Crippen LogP) is 2.17. The van der Waals surface area contributed by atoms with Gasteiger partial charge in [0.2, 0.25) is 0 Å². The lowest BCUT2D eigenvalue weighted by atomic mass is 10.2. The first-order valence-electron chi connectivity index (χ1n) is 4.26. The lowest BCUT2D eigenvalue weighted by Crippen LogP contribution is -2.10. The lowest BCUT2D eigenvalue weighted by molar-refractivity contribution is 0.104. The fraction of sp³-hybridized carbons (Fsp3) is 0.200. The molecule has 1 rings (SSSR count). The molecule has 0 heterocycles. The highest BCUT2D eigenvalue weighted by Gasteiger charge is 2.07. The summed E-state index contributed by atoms with van der Waals surface area (Å²) in [5.41, 5.74) is -0.0915. The standard InChI is InChI=1S/C10H9FO4/c1-2-14-10(13)15-8-4-3-7(6-12)9(11)5-8/h3-6H,2H2,1H3. The Morgan fingerprint density at radius 1 is 1.53 bits per heavy atom. The highest BCUT2D eigenvalue weighted by Crippen LogP contribution is 2.15. The Morgan fingerprint density at radius 2 is 2.27 bits per heavy atom. The van der Waals surface area contributed by atoms with Gasteiger partial charge in [0.05, 0.1) is 12.2 Å². The molecule has 0 amide bonds. The van der Waals surface area contributed by atoms with Crippen LogP contribution in [0.5, 0.6) is 5.75 Å². The minimum Gasteiger partial charge on any atom is -0.434 e. The Bertz CT molecular complexity index is 376. The maximum atomic E-state index is 13.0. The van der Waals surface area contributed by atoms with Crippen molar-refractivity contribution in [1.29, 1.82) is 0 Å². The number of hydrogen-bond acceptors (Lipinski definition) is 4. The summed E-state index contributed by atoms with van der Waals surface area (Å²) in [6.45, 7) is 1.80. The Kier molecular flexibility index (Phi) is 3.79. The minimum atomic E-state index is -0.907. The number of rotatable bonds is 3. The molecule has 4 nitrogen and oxygen atoms in total. The molecule has 0 fully saturated rings. The third-order valence-electron chi connectivity index (χ3n) is 1.56. The van der Waals surface area contributed by atoms with E-state index < -0.39 is 12.0 Å². The monoisotopic (exact) mass is 212 g/mol. The van der Waals surface area contributed by atoms with E-state index in [0.29, 0.717) is 6.29 Å². The molecule has 5 heteroatoms. The van der Waals surface area contributed by atoms with Crippen LogP contribution in [0.15, 0.2) is 18.2 Å². The third-order valence-corrected chi connectivity index (χ3v) is 1.56. The van der Waals surface area contributed by atoms with E-state index in [4.69, 9.17) is 0 Å². The van der Waals surface area contributed by atoms with Crippen LogP contribution in [0, 0.1) is 5.82 Å². The van der Waals surface area contributed by atoms with Crippen LogP contribution in [0.3, 0.4) is 0 Å². The van der Waals surface area contributed by atoms with Crippen molar-refractivity contribution in [3.05, 3.63) is 29.6 Å². The second kappa shape index (κ2) is 5.09. The molecule has 1 aromatic carbocycles. The highest BCUT2D eigenvalue weighted by atomic mass is 19.1. The van der Waals surface area contributed by atoms with Crippen molar-refractivity contribution in [1.82, 2.24) is 0 Å². The summed E-state index contributed by atoms with van der Waals surface area (Å²) in [5, 5.41) is 0. The maximum Gasteiger partial charge on any atom is 0.513 e. The van der Waals surface area contributed by atoms with Gasteiger partial charge in [0.1, 0.15) is 11.6 Å². The molecule has 1 aromatic rings. The van der Waals surface area contributed by atoms with E-state index >= 15 is 0 Å². The molecule has 0 atom stereocenters. The number of benzene rings is 1. The summed E-state index contributed by atoms with van der Waals surface area (Å²) in [7, 11) is 0. The molecule has 0 aromatic heterocycles. The number of ether oxygens (including phenoxy) is 2. The summed E-state index contributed by atoms with van der Waals surface area (Å²) < 4.78 is 22.1. The summed E-state index contributed by atoms with van der Waals surface area (Å²) in [6, 6.07) is 3.47. The molecule has 0 aliphatic rings. The van der Waals surface area contributed by atoms with Gasteiger partial charge in [0.15, 0.2) is 6.29 Å². The average molecular weight is 212 g/mol. The van der Waals surface area contributed by atoms with E-state index in [2.05, 4.69) is 9.47 Å². The van der Waals surface area contributed by atoms with Crippen LogP contribution in [0.4, 0.5) is 9.18 Å². The van der Waals surface area contributed by atoms with E-state index in [0.717, 1.165) is 6.07 Å². The predicted molar refractivity (Wildman–Crippen MR) is 49.4 cm³/mol. The van der Waals surface area contributed by atoms with Crippen molar-refractivity contribution in [2.24, 2.45) is 0 Å². The van der Waals surface area contributed by atoms with Gasteiger partial charge in [-0.05, 0) is 19.1 Å². The molecule has 80 valence electrons. The first kappa shape index (κ1) is 11.2. The van der Waals surface area contributed by atoms with E-state index in [1.54, 1.807) is 6.92 Å². The molecule has 0 saturated carbocycles. The maximum absolute atomic E-state index is 13.0. The first-order chi connectivity index (χ1) is 7.17. The fourth-order valence-corrected chi connectivity index (χ4v) is 0.910. The van der Waals surface area contributed by atoms with E-state index in [9.17, 15) is 14.0 Å². The zero-order valence-corrected chi connectivity index (χ0v) is 8.03. The van der Waals surface area contributed by atoms with Crippen molar-refractivity contribution in [2.75, 3.05) is 6.61 Å². The molecule has 0 saturated heterocycles. The van der Waals surface area contributed by atoms with Gasteiger partial charge in [-0.2, -0.15) is 0 Å². The molecule has 0 N–H and O–H groups in total. The normalized spacial score (nSPS) is 9.47. The van der Waals surface area contributed by atoms with Gasteiger partial charge in [0, 0.05) is 6.07 Å². The number of aldehydes is 1. The summed E-state index contributed by atoms with van der Waals surface area (Å²) in [4.78, 5) is 21.1. The summed E-state index contributed by atoms with van der Waals surface area (Å²) in [6.07, 6.45) is -0.528. The fourth-order valence-electron chi connectivity index (χ4n) is 0.910. The van der Waals surface area contributed by atoms with Crippen LogP contribution < -0.4 is 4.74 Å². The van der Waals surface area contributed by atoms with Gasteiger partial charge in [-0.3, -0.25) is 4.79 Å². The number of halogens is 1. The van der Waals surface area contributed by atoms with Crippen LogP contribution in [-0.4, -0.2) is 19.0 Å².